The summed E-state index contributed by atoms with van der Waals surface area (Å²) in [7, 11) is 0. The van der Waals surface area contributed by atoms with E-state index in [1.807, 2.05) is 39.0 Å². The van der Waals surface area contributed by atoms with Gasteiger partial charge in [-0.25, -0.2) is 4.98 Å². The zero-order valence-corrected chi connectivity index (χ0v) is 15.4. The molecule has 0 spiro atoms. The van der Waals surface area contributed by atoms with Crippen LogP contribution in [0.1, 0.15) is 39.3 Å². The SMILES string of the molecule is Cc1ccc2cccc(OC(=O)[C@]34CC[C@@](C)(C(=O)C3=O)C4(C)C)c2n1. The van der Waals surface area contributed by atoms with Crippen molar-refractivity contribution in [1.29, 1.82) is 0 Å². The second-order valence-corrected chi connectivity index (χ2v) is 8.19. The van der Waals surface area contributed by atoms with Gasteiger partial charge in [0.1, 0.15) is 10.9 Å². The predicted octanol–water partition coefficient (Wildman–Crippen LogP) is 3.41. The van der Waals surface area contributed by atoms with Gasteiger partial charge in [-0.15, -0.1) is 0 Å². The molecule has 1 heterocycles. The standard InChI is InChI=1S/C21H21NO4/c1-12-8-9-13-6-5-7-14(15(13)22-12)26-18(25)21-11-10-20(4,19(21,2)3)16(23)17(21)24/h5-9H,10-11H2,1-4H3/t20-,21-/m0/s1. The summed E-state index contributed by atoms with van der Waals surface area (Å²) in [5.74, 6) is -1.37. The zero-order valence-electron chi connectivity index (χ0n) is 15.4. The van der Waals surface area contributed by atoms with Gasteiger partial charge in [0.25, 0.3) is 0 Å². The minimum absolute atomic E-state index is 0.321. The Morgan fingerprint density at radius 2 is 1.77 bits per heavy atom. The monoisotopic (exact) mass is 351 g/mol. The van der Waals surface area contributed by atoms with E-state index in [1.54, 1.807) is 19.1 Å². The molecule has 0 saturated heterocycles. The number of aromatic nitrogens is 1. The van der Waals surface area contributed by atoms with Crippen molar-refractivity contribution in [1.82, 2.24) is 4.98 Å². The lowest BCUT2D eigenvalue weighted by Crippen LogP contribution is -2.47. The number of carbonyl (C=O) groups excluding carboxylic acids is 3. The molecule has 2 aliphatic rings. The minimum atomic E-state index is -1.41. The van der Waals surface area contributed by atoms with Crippen LogP contribution in [0.15, 0.2) is 30.3 Å². The number of ether oxygens (including phenoxy) is 1. The Morgan fingerprint density at radius 3 is 2.42 bits per heavy atom. The maximum Gasteiger partial charge on any atom is 0.326 e. The molecule has 5 heteroatoms. The fourth-order valence-corrected chi connectivity index (χ4v) is 4.71. The fraction of sp³-hybridized carbons (Fsp3) is 0.429. The van der Waals surface area contributed by atoms with Gasteiger partial charge in [0.15, 0.2) is 5.75 Å². The third-order valence-corrected chi connectivity index (χ3v) is 6.91. The highest BCUT2D eigenvalue weighted by Gasteiger charge is 2.78. The Labute approximate surface area is 151 Å². The van der Waals surface area contributed by atoms with Crippen LogP contribution in [0.4, 0.5) is 0 Å². The number of pyridine rings is 1. The van der Waals surface area contributed by atoms with Gasteiger partial charge >= 0.3 is 5.97 Å². The summed E-state index contributed by atoms with van der Waals surface area (Å²) >= 11 is 0. The van der Waals surface area contributed by atoms with Crippen molar-refractivity contribution in [2.24, 2.45) is 16.2 Å². The van der Waals surface area contributed by atoms with Crippen molar-refractivity contribution >= 4 is 28.4 Å². The molecular formula is C21H21NO4. The van der Waals surface area contributed by atoms with Gasteiger partial charge in [0, 0.05) is 21.9 Å². The lowest BCUT2D eigenvalue weighted by atomic mass is 9.65. The van der Waals surface area contributed by atoms with E-state index in [0.717, 1.165) is 11.1 Å². The summed E-state index contributed by atoms with van der Waals surface area (Å²) < 4.78 is 5.71. The van der Waals surface area contributed by atoms with Crippen LogP contribution in [-0.4, -0.2) is 22.5 Å². The summed E-state index contributed by atoms with van der Waals surface area (Å²) in [6.45, 7) is 7.31. The van der Waals surface area contributed by atoms with E-state index in [9.17, 15) is 14.4 Å². The second-order valence-electron chi connectivity index (χ2n) is 8.19. The Kier molecular flexibility index (Phi) is 3.24. The molecule has 4 rings (SSSR count). The number of carbonyl (C=O) groups is 3. The lowest BCUT2D eigenvalue weighted by Gasteiger charge is -2.36. The summed E-state index contributed by atoms with van der Waals surface area (Å²) in [6, 6.07) is 9.14. The molecule has 0 amide bonds. The van der Waals surface area contributed by atoms with E-state index in [4.69, 9.17) is 4.74 Å². The molecule has 2 aliphatic carbocycles. The summed E-state index contributed by atoms with van der Waals surface area (Å²) in [4.78, 5) is 43.0. The van der Waals surface area contributed by atoms with Gasteiger partial charge in [-0.1, -0.05) is 39.0 Å². The van der Waals surface area contributed by atoms with Crippen molar-refractivity contribution in [3.8, 4) is 5.75 Å². The number of hydrogen-bond acceptors (Lipinski definition) is 5. The first-order valence-electron chi connectivity index (χ1n) is 8.83. The Hall–Kier alpha value is -2.56. The molecular weight excluding hydrogens is 330 g/mol. The highest BCUT2D eigenvalue weighted by Crippen LogP contribution is 2.69. The molecule has 26 heavy (non-hydrogen) atoms. The quantitative estimate of drug-likeness (QED) is 0.359. The smallest absolute Gasteiger partial charge is 0.326 e. The van der Waals surface area contributed by atoms with Gasteiger partial charge in [-0.3, -0.25) is 14.4 Å². The molecule has 5 nitrogen and oxygen atoms in total. The van der Waals surface area contributed by atoms with Gasteiger partial charge in [-0.2, -0.15) is 0 Å². The van der Waals surface area contributed by atoms with Gasteiger partial charge in [0.05, 0.1) is 0 Å². The summed E-state index contributed by atoms with van der Waals surface area (Å²) in [5, 5.41) is 0.850. The number of para-hydroxylation sites is 1. The first kappa shape index (κ1) is 16.9. The summed E-state index contributed by atoms with van der Waals surface area (Å²) in [5.41, 5.74) is -1.62. The van der Waals surface area contributed by atoms with Crippen molar-refractivity contribution in [3.05, 3.63) is 36.0 Å². The zero-order chi connectivity index (χ0) is 18.9. The van der Waals surface area contributed by atoms with Crippen LogP contribution in [-0.2, 0) is 14.4 Å². The second kappa shape index (κ2) is 5.00. The van der Waals surface area contributed by atoms with E-state index in [1.165, 1.54) is 0 Å². The van der Waals surface area contributed by atoms with Crippen LogP contribution in [0.3, 0.4) is 0 Å². The van der Waals surface area contributed by atoms with E-state index < -0.39 is 33.8 Å². The van der Waals surface area contributed by atoms with Gasteiger partial charge < -0.3 is 4.74 Å². The number of esters is 1. The Balaban J connectivity index is 1.80. The normalized spacial score (nSPS) is 29.4. The maximum absolute atomic E-state index is 13.2. The maximum atomic E-state index is 13.2. The largest absolute Gasteiger partial charge is 0.423 e. The molecule has 2 aromatic rings. The molecule has 1 aromatic heterocycles. The third-order valence-electron chi connectivity index (χ3n) is 6.91. The van der Waals surface area contributed by atoms with E-state index >= 15 is 0 Å². The number of nitrogens with zero attached hydrogens (tertiary/aromatic N) is 1. The number of rotatable bonds is 2. The van der Waals surface area contributed by atoms with Crippen molar-refractivity contribution in [3.63, 3.8) is 0 Å². The third kappa shape index (κ3) is 1.76. The van der Waals surface area contributed by atoms with Crippen LogP contribution in [0, 0.1) is 23.2 Å². The molecule has 0 aliphatic heterocycles. The molecule has 0 radical (unpaired) electrons. The van der Waals surface area contributed by atoms with Gasteiger partial charge in [0.2, 0.25) is 11.6 Å². The highest BCUT2D eigenvalue weighted by atomic mass is 16.5. The fourth-order valence-electron chi connectivity index (χ4n) is 4.71. The van der Waals surface area contributed by atoms with Crippen LogP contribution in [0.5, 0.6) is 5.75 Å². The molecule has 0 N–H and O–H groups in total. The molecule has 2 bridgehead atoms. The molecule has 2 fully saturated rings. The van der Waals surface area contributed by atoms with Crippen LogP contribution in [0.25, 0.3) is 10.9 Å². The number of ketones is 2. The summed E-state index contributed by atoms with van der Waals surface area (Å²) in [6.07, 6.45) is 0.865. The average Bonchev–Trinajstić information content (AvgIpc) is 2.87. The number of Topliss-reactive ketones (excluding diaryl/α,β-unsaturated/α-hetero) is 2. The number of fused-ring (bicyclic) bond motifs is 3. The van der Waals surface area contributed by atoms with Crippen molar-refractivity contribution in [2.75, 3.05) is 0 Å². The molecule has 1 aromatic carbocycles. The molecule has 0 unspecified atom stereocenters. The molecule has 2 saturated carbocycles. The number of aryl methyl sites for hydroxylation is 1. The van der Waals surface area contributed by atoms with E-state index in [0.29, 0.717) is 24.1 Å². The molecule has 134 valence electrons. The van der Waals surface area contributed by atoms with E-state index in [2.05, 4.69) is 4.98 Å². The van der Waals surface area contributed by atoms with Crippen molar-refractivity contribution in [2.45, 2.75) is 40.5 Å². The lowest BCUT2D eigenvalue weighted by molar-refractivity contribution is -0.157. The number of hydrogen-bond donors (Lipinski definition) is 0. The number of benzene rings is 1. The average molecular weight is 351 g/mol. The predicted molar refractivity (Wildman–Crippen MR) is 95.7 cm³/mol. The first-order valence-corrected chi connectivity index (χ1v) is 8.83. The van der Waals surface area contributed by atoms with Gasteiger partial charge in [-0.05, 0) is 31.9 Å². The van der Waals surface area contributed by atoms with Crippen LogP contribution < -0.4 is 4.74 Å². The van der Waals surface area contributed by atoms with Crippen molar-refractivity contribution < 1.29 is 19.1 Å². The first-order chi connectivity index (χ1) is 12.1. The topological polar surface area (TPSA) is 73.3 Å². The van der Waals surface area contributed by atoms with Crippen LogP contribution >= 0.6 is 0 Å². The molecule has 2 atom stereocenters. The highest BCUT2D eigenvalue weighted by molar-refractivity contribution is 6.48. The van der Waals surface area contributed by atoms with E-state index in [-0.39, 0.29) is 0 Å². The van der Waals surface area contributed by atoms with Crippen LogP contribution in [0.2, 0.25) is 0 Å². The Bertz CT molecular complexity index is 993. The minimum Gasteiger partial charge on any atom is -0.423 e. The Morgan fingerprint density at radius 1 is 1.04 bits per heavy atom.